The van der Waals surface area contributed by atoms with Gasteiger partial charge in [-0.15, -0.1) is 11.6 Å². The fourth-order valence-electron chi connectivity index (χ4n) is 3.15. The summed E-state index contributed by atoms with van der Waals surface area (Å²) in [6.07, 6.45) is 3.38. The summed E-state index contributed by atoms with van der Waals surface area (Å²) in [5.74, 6) is -0.163. The third kappa shape index (κ3) is 4.50. The monoisotopic (exact) mass is 353 g/mol. The Kier molecular flexibility index (Phi) is 7.53. The lowest BCUT2D eigenvalue weighted by Gasteiger charge is -2.34. The largest absolute Gasteiger partial charge is 0.351 e. The summed E-state index contributed by atoms with van der Waals surface area (Å²) >= 11 is 5.89. The molecule has 4 nitrogen and oxygen atoms in total. The fourth-order valence-corrected chi connectivity index (χ4v) is 3.29. The van der Waals surface area contributed by atoms with Crippen molar-refractivity contribution in [1.29, 1.82) is 0 Å². The van der Waals surface area contributed by atoms with E-state index in [4.69, 9.17) is 21.1 Å². The number of anilines is 1. The molecular weight excluding hydrogens is 326 g/mol. The van der Waals surface area contributed by atoms with Crippen LogP contribution in [0.1, 0.15) is 44.7 Å². The Balaban J connectivity index is 2.31. The van der Waals surface area contributed by atoms with Gasteiger partial charge in [0.1, 0.15) is 5.88 Å². The first kappa shape index (κ1) is 19.2. The molecule has 0 saturated carbocycles. The van der Waals surface area contributed by atoms with Gasteiger partial charge < -0.3 is 14.4 Å². The molecule has 24 heavy (non-hydrogen) atoms. The van der Waals surface area contributed by atoms with Crippen molar-refractivity contribution in [2.45, 2.75) is 58.8 Å². The van der Waals surface area contributed by atoms with E-state index in [-0.39, 0.29) is 17.9 Å². The summed E-state index contributed by atoms with van der Waals surface area (Å²) in [4.78, 5) is 14.3. The predicted octanol–water partition coefficient (Wildman–Crippen LogP) is 3.92. The number of amides is 1. The number of carbonyl (C=O) groups excluding carboxylic acids is 1. The van der Waals surface area contributed by atoms with Crippen LogP contribution < -0.4 is 4.90 Å². The third-order valence-electron chi connectivity index (χ3n) is 4.53. The van der Waals surface area contributed by atoms with Gasteiger partial charge in [0, 0.05) is 0 Å². The van der Waals surface area contributed by atoms with E-state index >= 15 is 0 Å². The molecule has 134 valence electrons. The van der Waals surface area contributed by atoms with Crippen LogP contribution in [-0.4, -0.2) is 37.3 Å². The Labute approximate surface area is 150 Å². The maximum absolute atomic E-state index is 12.6. The SMILES string of the molecule is CCc1cccc(CC)c1N(CC1OCCC(CC)O1)C(=O)CCl. The van der Waals surface area contributed by atoms with Crippen molar-refractivity contribution in [3.05, 3.63) is 29.3 Å². The first-order valence-electron chi connectivity index (χ1n) is 8.88. The van der Waals surface area contributed by atoms with Crippen LogP contribution in [-0.2, 0) is 27.1 Å². The first-order valence-corrected chi connectivity index (χ1v) is 9.42. The van der Waals surface area contributed by atoms with Gasteiger partial charge in [-0.25, -0.2) is 0 Å². The molecule has 0 bridgehead atoms. The zero-order valence-corrected chi connectivity index (χ0v) is 15.6. The summed E-state index contributed by atoms with van der Waals surface area (Å²) in [6.45, 7) is 7.36. The minimum atomic E-state index is -0.398. The molecule has 1 aromatic rings. The number of rotatable bonds is 7. The minimum Gasteiger partial charge on any atom is -0.351 e. The molecule has 0 radical (unpaired) electrons. The average Bonchev–Trinajstić information content (AvgIpc) is 2.64. The van der Waals surface area contributed by atoms with Gasteiger partial charge in [-0.1, -0.05) is 39.0 Å². The van der Waals surface area contributed by atoms with Crippen molar-refractivity contribution in [1.82, 2.24) is 0 Å². The maximum Gasteiger partial charge on any atom is 0.242 e. The molecule has 1 heterocycles. The van der Waals surface area contributed by atoms with E-state index in [1.807, 2.05) is 6.07 Å². The highest BCUT2D eigenvalue weighted by molar-refractivity contribution is 6.29. The maximum atomic E-state index is 12.6. The van der Waals surface area contributed by atoms with Gasteiger partial charge in [-0.2, -0.15) is 0 Å². The number of benzene rings is 1. The van der Waals surface area contributed by atoms with Crippen LogP contribution in [0.4, 0.5) is 5.69 Å². The quantitative estimate of drug-likeness (QED) is 0.697. The van der Waals surface area contributed by atoms with Gasteiger partial charge >= 0.3 is 0 Å². The summed E-state index contributed by atoms with van der Waals surface area (Å²) in [5, 5.41) is 0. The molecule has 0 aromatic heterocycles. The number of hydrogen-bond acceptors (Lipinski definition) is 3. The minimum absolute atomic E-state index is 0.0505. The van der Waals surface area contributed by atoms with E-state index in [0.29, 0.717) is 13.2 Å². The Morgan fingerprint density at radius 2 is 1.92 bits per heavy atom. The molecule has 0 spiro atoms. The number of alkyl halides is 1. The molecule has 2 unspecified atom stereocenters. The number of halogens is 1. The second-order valence-electron chi connectivity index (χ2n) is 6.03. The van der Waals surface area contributed by atoms with Crippen LogP contribution in [0, 0.1) is 0 Å². The number of carbonyl (C=O) groups is 1. The van der Waals surface area contributed by atoms with Crippen molar-refractivity contribution in [2.24, 2.45) is 0 Å². The molecule has 1 amide bonds. The topological polar surface area (TPSA) is 38.8 Å². The van der Waals surface area contributed by atoms with E-state index in [2.05, 4.69) is 32.9 Å². The van der Waals surface area contributed by atoms with Crippen LogP contribution >= 0.6 is 11.6 Å². The molecule has 1 aromatic carbocycles. The Hall–Kier alpha value is -1.10. The van der Waals surface area contributed by atoms with Gasteiger partial charge in [0.25, 0.3) is 0 Å². The molecule has 2 rings (SSSR count). The summed E-state index contributed by atoms with van der Waals surface area (Å²) in [5.41, 5.74) is 3.27. The van der Waals surface area contributed by atoms with Crippen molar-refractivity contribution in [3.8, 4) is 0 Å². The second kappa shape index (κ2) is 9.40. The number of para-hydroxylation sites is 1. The van der Waals surface area contributed by atoms with Crippen LogP contribution in [0.5, 0.6) is 0 Å². The fraction of sp³-hybridized carbons (Fsp3) is 0.632. The number of nitrogens with zero attached hydrogens (tertiary/aromatic N) is 1. The van der Waals surface area contributed by atoms with Gasteiger partial charge in [-0.3, -0.25) is 4.79 Å². The van der Waals surface area contributed by atoms with Crippen molar-refractivity contribution < 1.29 is 14.3 Å². The average molecular weight is 354 g/mol. The van der Waals surface area contributed by atoms with E-state index < -0.39 is 6.29 Å². The first-order chi connectivity index (χ1) is 11.6. The third-order valence-corrected chi connectivity index (χ3v) is 4.75. The molecular formula is C19H28ClNO3. The highest BCUT2D eigenvalue weighted by atomic mass is 35.5. The lowest BCUT2D eigenvalue weighted by atomic mass is 10.0. The highest BCUT2D eigenvalue weighted by Crippen LogP contribution is 2.29. The van der Waals surface area contributed by atoms with Crippen molar-refractivity contribution in [2.75, 3.05) is 23.9 Å². The van der Waals surface area contributed by atoms with Gasteiger partial charge in [-0.05, 0) is 36.8 Å². The zero-order chi connectivity index (χ0) is 17.5. The van der Waals surface area contributed by atoms with Gasteiger partial charge in [0.2, 0.25) is 5.91 Å². The molecule has 1 aliphatic heterocycles. The van der Waals surface area contributed by atoms with E-state index in [1.54, 1.807) is 4.90 Å². The molecule has 0 N–H and O–H groups in total. The van der Waals surface area contributed by atoms with Gasteiger partial charge in [0.05, 0.1) is 24.9 Å². The lowest BCUT2D eigenvalue weighted by molar-refractivity contribution is -0.207. The van der Waals surface area contributed by atoms with E-state index in [9.17, 15) is 4.79 Å². The molecule has 5 heteroatoms. The molecule has 0 aliphatic carbocycles. The standard InChI is InChI=1S/C19H28ClNO3/c1-4-14-8-7-9-15(5-2)19(14)21(17(22)12-20)13-18-23-11-10-16(6-3)24-18/h7-9,16,18H,4-6,10-13H2,1-3H3. The Morgan fingerprint density at radius 1 is 1.25 bits per heavy atom. The number of ether oxygens (including phenoxy) is 2. The molecule has 2 atom stereocenters. The van der Waals surface area contributed by atoms with Crippen LogP contribution in [0.3, 0.4) is 0 Å². The van der Waals surface area contributed by atoms with Crippen LogP contribution in [0.15, 0.2) is 18.2 Å². The molecule has 1 saturated heterocycles. The number of aryl methyl sites for hydroxylation is 2. The van der Waals surface area contributed by atoms with E-state index in [1.165, 1.54) is 0 Å². The smallest absolute Gasteiger partial charge is 0.242 e. The van der Waals surface area contributed by atoms with Crippen molar-refractivity contribution in [3.63, 3.8) is 0 Å². The highest BCUT2D eigenvalue weighted by Gasteiger charge is 2.28. The normalized spacial score (nSPS) is 20.8. The Bertz CT molecular complexity index is 527. The lowest BCUT2D eigenvalue weighted by Crippen LogP contribution is -2.45. The van der Waals surface area contributed by atoms with Gasteiger partial charge in [0.15, 0.2) is 6.29 Å². The summed E-state index contributed by atoms with van der Waals surface area (Å²) in [7, 11) is 0. The molecule has 1 aliphatic rings. The second-order valence-corrected chi connectivity index (χ2v) is 6.29. The predicted molar refractivity (Wildman–Crippen MR) is 97.8 cm³/mol. The summed E-state index contributed by atoms with van der Waals surface area (Å²) < 4.78 is 11.7. The Morgan fingerprint density at radius 3 is 2.46 bits per heavy atom. The van der Waals surface area contributed by atoms with Crippen LogP contribution in [0.25, 0.3) is 0 Å². The summed E-state index contributed by atoms with van der Waals surface area (Å²) in [6, 6.07) is 6.19. The number of hydrogen-bond donors (Lipinski definition) is 0. The zero-order valence-electron chi connectivity index (χ0n) is 14.9. The van der Waals surface area contributed by atoms with E-state index in [0.717, 1.165) is 42.5 Å². The molecule has 1 fully saturated rings. The van der Waals surface area contributed by atoms with Crippen molar-refractivity contribution >= 4 is 23.2 Å². The van der Waals surface area contributed by atoms with Crippen LogP contribution in [0.2, 0.25) is 0 Å².